The zero-order valence-electron chi connectivity index (χ0n) is 21.4. The molecule has 2 N–H and O–H groups in total. The molecular formula is C29H37N5O2. The van der Waals surface area contributed by atoms with E-state index in [0.29, 0.717) is 6.54 Å². The number of aromatic amines is 1. The molecule has 5 rings (SSSR count). The standard InChI is InChI=1S/C29H37N5O2/c1-3-19(2)28(35)33-26(21-13-8-5-9-14-21)29(36)34-16-10-15-24(34)22-17-23-27(32-22)25(31-18-30-23)20-11-6-4-7-12-20/h4,6-7,11-12,17-19,21,24,26,32H,3,5,8-10,13-16H2,1-2H3,(H,33,35)/t19-,24+,26+/m1/s1. The molecule has 7 heteroatoms. The number of aromatic nitrogens is 3. The zero-order valence-corrected chi connectivity index (χ0v) is 21.4. The van der Waals surface area contributed by atoms with Crippen molar-refractivity contribution in [2.45, 2.75) is 77.3 Å². The van der Waals surface area contributed by atoms with Gasteiger partial charge in [-0.05, 0) is 44.1 Å². The average molecular weight is 488 g/mol. The van der Waals surface area contributed by atoms with E-state index in [1.807, 2.05) is 49.1 Å². The summed E-state index contributed by atoms with van der Waals surface area (Å²) in [5.41, 5.74) is 4.63. The van der Waals surface area contributed by atoms with E-state index < -0.39 is 6.04 Å². The third kappa shape index (κ3) is 4.88. The van der Waals surface area contributed by atoms with Crippen molar-refractivity contribution in [1.82, 2.24) is 25.2 Å². The van der Waals surface area contributed by atoms with Gasteiger partial charge in [-0.2, -0.15) is 0 Å². The number of likely N-dealkylation sites (tertiary alicyclic amines) is 1. The van der Waals surface area contributed by atoms with Crippen LogP contribution in [0.3, 0.4) is 0 Å². The number of carbonyl (C=O) groups is 2. The van der Waals surface area contributed by atoms with Crippen molar-refractivity contribution < 1.29 is 9.59 Å². The second-order valence-electron chi connectivity index (χ2n) is 10.5. The fraction of sp³-hybridized carbons (Fsp3) is 0.517. The molecule has 3 aromatic rings. The van der Waals surface area contributed by atoms with E-state index in [1.54, 1.807) is 6.33 Å². The molecule has 0 radical (unpaired) electrons. The fourth-order valence-corrected chi connectivity index (χ4v) is 5.82. The van der Waals surface area contributed by atoms with Crippen LogP contribution in [0.15, 0.2) is 42.7 Å². The largest absolute Gasteiger partial charge is 0.354 e. The molecule has 3 atom stereocenters. The molecule has 2 fully saturated rings. The summed E-state index contributed by atoms with van der Waals surface area (Å²) in [4.78, 5) is 41.5. The summed E-state index contributed by atoms with van der Waals surface area (Å²) in [6.07, 6.45) is 9.66. The van der Waals surface area contributed by atoms with Crippen LogP contribution in [0, 0.1) is 11.8 Å². The van der Waals surface area contributed by atoms with Crippen LogP contribution in [0.4, 0.5) is 0 Å². The van der Waals surface area contributed by atoms with E-state index in [-0.39, 0.29) is 29.7 Å². The molecule has 3 heterocycles. The molecule has 36 heavy (non-hydrogen) atoms. The van der Waals surface area contributed by atoms with E-state index in [0.717, 1.165) is 72.9 Å². The maximum Gasteiger partial charge on any atom is 0.245 e. The van der Waals surface area contributed by atoms with Crippen LogP contribution in [0.5, 0.6) is 0 Å². The molecule has 7 nitrogen and oxygen atoms in total. The SMILES string of the molecule is CC[C@@H](C)C(=O)N[C@H](C(=O)N1CCC[C@H]1c1cc2ncnc(-c3ccccc3)c2[nH]1)C1CCCCC1. The first-order chi connectivity index (χ1) is 17.6. The van der Waals surface area contributed by atoms with Gasteiger partial charge in [0.2, 0.25) is 11.8 Å². The molecule has 2 aromatic heterocycles. The Balaban J connectivity index is 1.44. The Kier molecular flexibility index (Phi) is 7.35. The van der Waals surface area contributed by atoms with Crippen LogP contribution in [-0.2, 0) is 9.59 Å². The molecule has 1 saturated carbocycles. The van der Waals surface area contributed by atoms with Gasteiger partial charge in [0, 0.05) is 23.7 Å². The lowest BCUT2D eigenvalue weighted by atomic mass is 9.83. The number of carbonyl (C=O) groups excluding carboxylic acids is 2. The number of rotatable bonds is 7. The van der Waals surface area contributed by atoms with Gasteiger partial charge in [0.25, 0.3) is 0 Å². The molecule has 1 aromatic carbocycles. The number of hydrogen-bond donors (Lipinski definition) is 2. The Hall–Kier alpha value is -3.22. The Bertz CT molecular complexity index is 1200. The average Bonchev–Trinajstić information content (AvgIpc) is 3.59. The van der Waals surface area contributed by atoms with Crippen molar-refractivity contribution in [2.75, 3.05) is 6.54 Å². The molecule has 2 aliphatic rings. The number of amides is 2. The number of benzene rings is 1. The minimum absolute atomic E-state index is 0.00874. The summed E-state index contributed by atoms with van der Waals surface area (Å²) in [6.45, 7) is 4.66. The predicted molar refractivity (Wildman–Crippen MR) is 141 cm³/mol. The van der Waals surface area contributed by atoms with E-state index in [2.05, 4.69) is 26.3 Å². The molecule has 1 aliphatic carbocycles. The Morgan fingerprint density at radius 1 is 1.08 bits per heavy atom. The minimum Gasteiger partial charge on any atom is -0.354 e. The van der Waals surface area contributed by atoms with Crippen LogP contribution in [0.2, 0.25) is 0 Å². The van der Waals surface area contributed by atoms with Crippen LogP contribution in [0.1, 0.15) is 76.9 Å². The highest BCUT2D eigenvalue weighted by Gasteiger charge is 2.39. The summed E-state index contributed by atoms with van der Waals surface area (Å²) in [6, 6.07) is 11.6. The number of hydrogen-bond acceptors (Lipinski definition) is 4. The third-order valence-corrected chi connectivity index (χ3v) is 8.13. The zero-order chi connectivity index (χ0) is 25.1. The van der Waals surface area contributed by atoms with Gasteiger partial charge in [-0.1, -0.05) is 63.4 Å². The van der Waals surface area contributed by atoms with Gasteiger partial charge in [-0.15, -0.1) is 0 Å². The fourth-order valence-electron chi connectivity index (χ4n) is 5.82. The molecule has 1 saturated heterocycles. The van der Waals surface area contributed by atoms with Gasteiger partial charge in [0.05, 0.1) is 22.8 Å². The first kappa shape index (κ1) is 24.5. The second kappa shape index (κ2) is 10.8. The van der Waals surface area contributed by atoms with Crippen LogP contribution < -0.4 is 5.32 Å². The molecule has 2 amide bonds. The van der Waals surface area contributed by atoms with Crippen molar-refractivity contribution in [3.8, 4) is 11.3 Å². The predicted octanol–water partition coefficient (Wildman–Crippen LogP) is 5.40. The highest BCUT2D eigenvalue weighted by Crippen LogP contribution is 2.37. The Morgan fingerprint density at radius 3 is 2.61 bits per heavy atom. The Labute approximate surface area is 213 Å². The monoisotopic (exact) mass is 487 g/mol. The van der Waals surface area contributed by atoms with Crippen LogP contribution >= 0.6 is 0 Å². The van der Waals surface area contributed by atoms with Crippen LogP contribution in [0.25, 0.3) is 22.3 Å². The summed E-state index contributed by atoms with van der Waals surface area (Å²) < 4.78 is 0. The summed E-state index contributed by atoms with van der Waals surface area (Å²) in [7, 11) is 0. The topological polar surface area (TPSA) is 91.0 Å². The number of fused-ring (bicyclic) bond motifs is 1. The minimum atomic E-state index is -0.448. The van der Waals surface area contributed by atoms with Crippen molar-refractivity contribution in [3.63, 3.8) is 0 Å². The summed E-state index contributed by atoms with van der Waals surface area (Å²) in [5.74, 6) is 0.167. The van der Waals surface area contributed by atoms with Gasteiger partial charge in [-0.25, -0.2) is 9.97 Å². The van der Waals surface area contributed by atoms with Crippen molar-refractivity contribution in [3.05, 3.63) is 48.4 Å². The number of nitrogens with one attached hydrogen (secondary N) is 2. The summed E-state index contributed by atoms with van der Waals surface area (Å²) >= 11 is 0. The molecular weight excluding hydrogens is 450 g/mol. The molecule has 0 bridgehead atoms. The third-order valence-electron chi connectivity index (χ3n) is 8.13. The highest BCUT2D eigenvalue weighted by molar-refractivity contribution is 5.91. The van der Waals surface area contributed by atoms with E-state index >= 15 is 0 Å². The van der Waals surface area contributed by atoms with E-state index in [1.165, 1.54) is 6.42 Å². The van der Waals surface area contributed by atoms with Gasteiger partial charge in [0.15, 0.2) is 0 Å². The maximum absolute atomic E-state index is 14.0. The summed E-state index contributed by atoms with van der Waals surface area (Å²) in [5, 5.41) is 3.18. The first-order valence-electron chi connectivity index (χ1n) is 13.6. The smallest absolute Gasteiger partial charge is 0.245 e. The maximum atomic E-state index is 14.0. The van der Waals surface area contributed by atoms with Crippen molar-refractivity contribution in [1.29, 1.82) is 0 Å². The first-order valence-corrected chi connectivity index (χ1v) is 13.6. The second-order valence-corrected chi connectivity index (χ2v) is 10.5. The Morgan fingerprint density at radius 2 is 1.86 bits per heavy atom. The van der Waals surface area contributed by atoms with Gasteiger partial charge in [0.1, 0.15) is 12.4 Å². The highest BCUT2D eigenvalue weighted by atomic mass is 16.2. The quantitative estimate of drug-likeness (QED) is 0.467. The van der Waals surface area contributed by atoms with Gasteiger partial charge >= 0.3 is 0 Å². The van der Waals surface area contributed by atoms with Gasteiger partial charge in [-0.3, -0.25) is 9.59 Å². The van der Waals surface area contributed by atoms with E-state index in [4.69, 9.17) is 0 Å². The molecule has 1 aliphatic heterocycles. The van der Waals surface area contributed by atoms with Crippen molar-refractivity contribution in [2.24, 2.45) is 11.8 Å². The van der Waals surface area contributed by atoms with E-state index in [9.17, 15) is 9.59 Å². The lowest BCUT2D eigenvalue weighted by Crippen LogP contribution is -2.53. The lowest BCUT2D eigenvalue weighted by molar-refractivity contribution is -0.140. The molecule has 190 valence electrons. The normalized spacial score (nSPS) is 20.4. The molecule has 0 spiro atoms. The van der Waals surface area contributed by atoms with Crippen LogP contribution in [-0.4, -0.2) is 44.3 Å². The number of nitrogens with zero attached hydrogens (tertiary/aromatic N) is 3. The van der Waals surface area contributed by atoms with Gasteiger partial charge < -0.3 is 15.2 Å². The molecule has 0 unspecified atom stereocenters. The van der Waals surface area contributed by atoms with Crippen molar-refractivity contribution >= 4 is 22.8 Å². The number of H-pyrrole nitrogens is 1. The lowest BCUT2D eigenvalue weighted by Gasteiger charge is -2.35.